The molecule has 0 amide bonds. The highest BCUT2D eigenvalue weighted by molar-refractivity contribution is 5.84. The summed E-state index contributed by atoms with van der Waals surface area (Å²) in [6.45, 7) is 5.89. The molecule has 0 N–H and O–H groups in total. The molecule has 1 nitrogen and oxygen atoms in total. The van der Waals surface area contributed by atoms with Crippen LogP contribution in [-0.4, -0.2) is 6.11 Å². The van der Waals surface area contributed by atoms with Gasteiger partial charge in [0.1, 0.15) is 0 Å². The summed E-state index contributed by atoms with van der Waals surface area (Å²) in [4.78, 5) is 0. The van der Waals surface area contributed by atoms with Crippen LogP contribution in [0.5, 0.6) is 5.75 Å². The van der Waals surface area contributed by atoms with Crippen molar-refractivity contribution in [1.29, 1.82) is 0 Å². The molecule has 0 heterocycles. The number of aryl methyl sites for hydroxylation is 1. The Morgan fingerprint density at radius 2 is 1.82 bits per heavy atom. The van der Waals surface area contributed by atoms with Crippen LogP contribution in [-0.2, 0) is 6.42 Å². The quantitative estimate of drug-likeness (QED) is 0.332. The largest absolute Gasteiger partial charge is 0.429 e. The Labute approximate surface area is 165 Å². The van der Waals surface area contributed by atoms with Crippen LogP contribution in [0.15, 0.2) is 43.0 Å². The van der Waals surface area contributed by atoms with Crippen LogP contribution < -0.4 is 4.74 Å². The Morgan fingerprint density at radius 3 is 2.50 bits per heavy atom. The van der Waals surface area contributed by atoms with Crippen molar-refractivity contribution in [1.82, 2.24) is 0 Å². The number of rotatable bonds is 8. The van der Waals surface area contributed by atoms with E-state index in [9.17, 15) is 13.2 Å². The van der Waals surface area contributed by atoms with Gasteiger partial charge in [0, 0.05) is 0 Å². The fourth-order valence-corrected chi connectivity index (χ4v) is 4.03. The third kappa shape index (κ3) is 4.89. The van der Waals surface area contributed by atoms with E-state index in [-0.39, 0.29) is 11.7 Å². The molecule has 1 aliphatic carbocycles. The summed E-state index contributed by atoms with van der Waals surface area (Å²) in [5.74, 6) is -1.71. The minimum absolute atomic E-state index is 0.288. The van der Waals surface area contributed by atoms with E-state index in [4.69, 9.17) is 4.74 Å². The molecule has 0 saturated heterocycles. The average molecular weight is 390 g/mol. The Bertz CT molecular complexity index is 807. The zero-order chi connectivity index (χ0) is 20.1. The standard InChI is InChI=1S/C24H29F3O/c1-3-5-6-7-18-8-11-19-16-23(22(25)15-20(19)14-18)28-24(26,27)21-12-9-17(4-2)10-13-21/h4,8,11,14-17,21H,2-3,5-7,9-10,12-13H2,1H3. The molecular formula is C24H29F3O. The van der Waals surface area contributed by atoms with Crippen LogP contribution in [0.2, 0.25) is 0 Å². The van der Waals surface area contributed by atoms with Crippen molar-refractivity contribution in [3.63, 3.8) is 0 Å². The molecule has 1 fully saturated rings. The van der Waals surface area contributed by atoms with E-state index in [2.05, 4.69) is 13.5 Å². The van der Waals surface area contributed by atoms with E-state index in [0.29, 0.717) is 36.5 Å². The van der Waals surface area contributed by atoms with Crippen molar-refractivity contribution in [2.45, 2.75) is 64.4 Å². The first-order valence-electron chi connectivity index (χ1n) is 10.3. The zero-order valence-corrected chi connectivity index (χ0v) is 16.5. The van der Waals surface area contributed by atoms with Crippen molar-refractivity contribution in [2.75, 3.05) is 0 Å². The van der Waals surface area contributed by atoms with E-state index in [0.717, 1.165) is 31.2 Å². The van der Waals surface area contributed by atoms with Crippen LogP contribution in [0.3, 0.4) is 0 Å². The number of fused-ring (bicyclic) bond motifs is 1. The molecule has 0 spiro atoms. The van der Waals surface area contributed by atoms with Gasteiger partial charge in [-0.2, -0.15) is 8.78 Å². The van der Waals surface area contributed by atoms with Gasteiger partial charge < -0.3 is 4.74 Å². The second kappa shape index (κ2) is 9.02. The van der Waals surface area contributed by atoms with Gasteiger partial charge in [-0.05, 0) is 72.9 Å². The van der Waals surface area contributed by atoms with Gasteiger partial charge in [-0.3, -0.25) is 0 Å². The van der Waals surface area contributed by atoms with Crippen molar-refractivity contribution < 1.29 is 17.9 Å². The number of hydrogen-bond acceptors (Lipinski definition) is 1. The maximum atomic E-state index is 14.6. The number of unbranched alkanes of at least 4 members (excludes halogenated alkanes) is 2. The highest BCUT2D eigenvalue weighted by Gasteiger charge is 2.44. The topological polar surface area (TPSA) is 9.23 Å². The molecule has 2 aromatic carbocycles. The van der Waals surface area contributed by atoms with E-state index in [1.54, 1.807) is 0 Å². The van der Waals surface area contributed by atoms with Crippen LogP contribution in [0.4, 0.5) is 13.2 Å². The molecule has 0 aliphatic heterocycles. The fourth-order valence-electron chi connectivity index (χ4n) is 4.03. The lowest BCUT2D eigenvalue weighted by molar-refractivity contribution is -0.224. The molecule has 1 aliphatic rings. The van der Waals surface area contributed by atoms with E-state index in [1.807, 2.05) is 24.3 Å². The molecule has 152 valence electrons. The second-order valence-corrected chi connectivity index (χ2v) is 7.93. The normalized spacial score (nSPS) is 20.3. The number of benzene rings is 2. The number of hydrogen-bond donors (Lipinski definition) is 0. The van der Waals surface area contributed by atoms with Gasteiger partial charge >= 0.3 is 6.11 Å². The van der Waals surface area contributed by atoms with Gasteiger partial charge in [0.25, 0.3) is 0 Å². The summed E-state index contributed by atoms with van der Waals surface area (Å²) >= 11 is 0. The van der Waals surface area contributed by atoms with E-state index >= 15 is 0 Å². The SMILES string of the molecule is C=CC1CCC(C(F)(F)Oc2cc3ccc(CCCCC)cc3cc2F)CC1. The summed E-state index contributed by atoms with van der Waals surface area (Å²) in [5.41, 5.74) is 1.14. The molecule has 2 aromatic rings. The van der Waals surface area contributed by atoms with Gasteiger partial charge in [-0.25, -0.2) is 4.39 Å². The number of halogens is 3. The molecule has 4 heteroatoms. The van der Waals surface area contributed by atoms with Crippen LogP contribution in [0.25, 0.3) is 10.8 Å². The molecule has 0 aromatic heterocycles. The first-order valence-corrected chi connectivity index (χ1v) is 10.3. The average Bonchev–Trinajstić information content (AvgIpc) is 2.69. The van der Waals surface area contributed by atoms with Crippen LogP contribution in [0.1, 0.15) is 57.4 Å². The molecule has 0 radical (unpaired) electrons. The molecule has 1 saturated carbocycles. The minimum Gasteiger partial charge on any atom is -0.429 e. The lowest BCUT2D eigenvalue weighted by Gasteiger charge is -2.32. The first-order chi connectivity index (χ1) is 13.4. The molecule has 0 unspecified atom stereocenters. The van der Waals surface area contributed by atoms with Gasteiger partial charge in [0.05, 0.1) is 5.92 Å². The lowest BCUT2D eigenvalue weighted by Crippen LogP contribution is -2.37. The highest BCUT2D eigenvalue weighted by atomic mass is 19.3. The molecule has 3 rings (SSSR count). The summed E-state index contributed by atoms with van der Waals surface area (Å²) in [7, 11) is 0. The van der Waals surface area contributed by atoms with Gasteiger partial charge in [0.15, 0.2) is 11.6 Å². The summed E-state index contributed by atoms with van der Waals surface area (Å²) in [6.07, 6.45) is 4.86. The summed E-state index contributed by atoms with van der Waals surface area (Å²) in [5, 5.41) is 1.43. The summed E-state index contributed by atoms with van der Waals surface area (Å²) < 4.78 is 48.7. The van der Waals surface area contributed by atoms with E-state index in [1.165, 1.54) is 12.1 Å². The number of allylic oxidation sites excluding steroid dienone is 1. The van der Waals surface area contributed by atoms with Crippen molar-refractivity contribution in [3.05, 3.63) is 54.4 Å². The monoisotopic (exact) mass is 390 g/mol. The minimum atomic E-state index is -3.37. The Kier molecular flexibility index (Phi) is 6.69. The third-order valence-electron chi connectivity index (χ3n) is 5.85. The Balaban J connectivity index is 1.74. The second-order valence-electron chi connectivity index (χ2n) is 7.93. The Morgan fingerprint density at radius 1 is 1.07 bits per heavy atom. The van der Waals surface area contributed by atoms with Gasteiger partial charge in [-0.1, -0.05) is 44.0 Å². The zero-order valence-electron chi connectivity index (χ0n) is 16.5. The molecule has 0 bridgehead atoms. The number of ether oxygens (including phenoxy) is 1. The maximum Gasteiger partial charge on any atom is 0.400 e. The predicted molar refractivity (Wildman–Crippen MR) is 108 cm³/mol. The third-order valence-corrected chi connectivity index (χ3v) is 5.85. The van der Waals surface area contributed by atoms with Crippen LogP contribution in [0, 0.1) is 17.7 Å². The number of alkyl halides is 2. The van der Waals surface area contributed by atoms with Crippen LogP contribution >= 0.6 is 0 Å². The van der Waals surface area contributed by atoms with Crippen molar-refractivity contribution >= 4 is 10.8 Å². The van der Waals surface area contributed by atoms with Gasteiger partial charge in [0.2, 0.25) is 0 Å². The first kappa shape index (κ1) is 20.8. The molecule has 0 atom stereocenters. The smallest absolute Gasteiger partial charge is 0.400 e. The molecule has 28 heavy (non-hydrogen) atoms. The van der Waals surface area contributed by atoms with Crippen molar-refractivity contribution in [3.8, 4) is 5.75 Å². The predicted octanol–water partition coefficient (Wildman–Crippen LogP) is 7.68. The maximum absolute atomic E-state index is 14.6. The fraction of sp³-hybridized carbons (Fsp3) is 0.500. The lowest BCUT2D eigenvalue weighted by atomic mass is 9.81. The summed E-state index contributed by atoms with van der Waals surface area (Å²) in [6, 6.07) is 8.47. The van der Waals surface area contributed by atoms with Gasteiger partial charge in [-0.15, -0.1) is 6.58 Å². The Hall–Kier alpha value is -1.97. The highest BCUT2D eigenvalue weighted by Crippen LogP contribution is 2.41. The van der Waals surface area contributed by atoms with Crippen molar-refractivity contribution in [2.24, 2.45) is 11.8 Å². The molecular weight excluding hydrogens is 361 g/mol. The van der Waals surface area contributed by atoms with E-state index < -0.39 is 17.8 Å².